The molecule has 22 heavy (non-hydrogen) atoms. The summed E-state index contributed by atoms with van der Waals surface area (Å²) in [5.41, 5.74) is 0.700. The first-order chi connectivity index (χ1) is 10.7. The Morgan fingerprint density at radius 1 is 1.32 bits per heavy atom. The fraction of sp³-hybridized carbons (Fsp3) is 0.500. The number of rotatable bonds is 6. The maximum Gasteiger partial charge on any atom is 0.254 e. The topological polar surface area (TPSA) is 32.8 Å². The first-order valence-corrected chi connectivity index (χ1v) is 8.10. The molecule has 0 spiro atoms. The van der Waals surface area contributed by atoms with E-state index in [1.807, 2.05) is 29.2 Å². The number of hydrogen-bond acceptors (Lipinski definition) is 3. The SMILES string of the molecule is C=CCOc1cccc(C(=O)N2CCCN(CCC)CC2)c1. The number of hydrogen-bond donors (Lipinski definition) is 0. The summed E-state index contributed by atoms with van der Waals surface area (Å²) in [6.45, 7) is 11.1. The molecule has 1 saturated heterocycles. The smallest absolute Gasteiger partial charge is 0.254 e. The summed E-state index contributed by atoms with van der Waals surface area (Å²) < 4.78 is 5.51. The molecule has 0 bridgehead atoms. The molecule has 0 N–H and O–H groups in total. The van der Waals surface area contributed by atoms with Gasteiger partial charge in [0.05, 0.1) is 0 Å². The second-order valence-corrected chi connectivity index (χ2v) is 5.61. The lowest BCUT2D eigenvalue weighted by molar-refractivity contribution is 0.0761. The summed E-state index contributed by atoms with van der Waals surface area (Å²) in [6, 6.07) is 7.41. The maximum atomic E-state index is 12.7. The highest BCUT2D eigenvalue weighted by atomic mass is 16.5. The second kappa shape index (κ2) is 8.59. The van der Waals surface area contributed by atoms with Gasteiger partial charge in [0.2, 0.25) is 0 Å². The van der Waals surface area contributed by atoms with Gasteiger partial charge in [-0.25, -0.2) is 0 Å². The molecular formula is C18H26N2O2. The Morgan fingerprint density at radius 2 is 2.18 bits per heavy atom. The van der Waals surface area contributed by atoms with Gasteiger partial charge in [-0.3, -0.25) is 4.79 Å². The molecule has 4 heteroatoms. The van der Waals surface area contributed by atoms with Gasteiger partial charge in [0.1, 0.15) is 12.4 Å². The van der Waals surface area contributed by atoms with E-state index in [2.05, 4.69) is 18.4 Å². The van der Waals surface area contributed by atoms with E-state index in [1.54, 1.807) is 6.08 Å². The summed E-state index contributed by atoms with van der Waals surface area (Å²) in [5, 5.41) is 0. The Hall–Kier alpha value is -1.81. The van der Waals surface area contributed by atoms with Gasteiger partial charge in [0.25, 0.3) is 5.91 Å². The Bertz CT molecular complexity index is 502. The highest BCUT2D eigenvalue weighted by Gasteiger charge is 2.20. The van der Waals surface area contributed by atoms with E-state index in [-0.39, 0.29) is 5.91 Å². The van der Waals surface area contributed by atoms with Crippen molar-refractivity contribution >= 4 is 5.91 Å². The quantitative estimate of drug-likeness (QED) is 0.758. The van der Waals surface area contributed by atoms with Crippen LogP contribution >= 0.6 is 0 Å². The van der Waals surface area contributed by atoms with Gasteiger partial charge in [-0.1, -0.05) is 25.6 Å². The third kappa shape index (κ3) is 4.60. The molecule has 0 saturated carbocycles. The van der Waals surface area contributed by atoms with Gasteiger partial charge in [-0.15, -0.1) is 0 Å². The van der Waals surface area contributed by atoms with Gasteiger partial charge in [-0.05, 0) is 44.1 Å². The first-order valence-electron chi connectivity index (χ1n) is 8.10. The molecule has 120 valence electrons. The molecule has 1 amide bonds. The van der Waals surface area contributed by atoms with Gasteiger partial charge < -0.3 is 14.5 Å². The Labute approximate surface area is 133 Å². The van der Waals surface area contributed by atoms with E-state index < -0.39 is 0 Å². The van der Waals surface area contributed by atoms with Crippen LogP contribution in [-0.2, 0) is 0 Å². The van der Waals surface area contributed by atoms with Crippen LogP contribution in [0.3, 0.4) is 0 Å². The molecular weight excluding hydrogens is 276 g/mol. The van der Waals surface area contributed by atoms with Crippen LogP contribution in [0.4, 0.5) is 0 Å². The van der Waals surface area contributed by atoms with Crippen molar-refractivity contribution in [3.8, 4) is 5.75 Å². The lowest BCUT2D eigenvalue weighted by Crippen LogP contribution is -2.35. The number of ether oxygens (including phenoxy) is 1. The van der Waals surface area contributed by atoms with Gasteiger partial charge in [-0.2, -0.15) is 0 Å². The fourth-order valence-electron chi connectivity index (χ4n) is 2.77. The molecule has 1 aromatic carbocycles. The maximum absolute atomic E-state index is 12.7. The van der Waals surface area contributed by atoms with Crippen molar-refractivity contribution in [2.24, 2.45) is 0 Å². The molecule has 0 unspecified atom stereocenters. The summed E-state index contributed by atoms with van der Waals surface area (Å²) >= 11 is 0. The van der Waals surface area contributed by atoms with Crippen LogP contribution in [-0.4, -0.2) is 55.0 Å². The summed E-state index contributed by atoms with van der Waals surface area (Å²) in [7, 11) is 0. The largest absolute Gasteiger partial charge is 0.490 e. The number of carbonyl (C=O) groups excluding carboxylic acids is 1. The van der Waals surface area contributed by atoms with Crippen LogP contribution in [0.2, 0.25) is 0 Å². The van der Waals surface area contributed by atoms with Crippen LogP contribution in [0.25, 0.3) is 0 Å². The second-order valence-electron chi connectivity index (χ2n) is 5.61. The fourth-order valence-corrected chi connectivity index (χ4v) is 2.77. The predicted molar refractivity (Wildman–Crippen MR) is 89.4 cm³/mol. The van der Waals surface area contributed by atoms with E-state index in [0.717, 1.165) is 45.6 Å². The minimum atomic E-state index is 0.0994. The zero-order chi connectivity index (χ0) is 15.8. The van der Waals surface area contributed by atoms with Crippen LogP contribution in [0.5, 0.6) is 5.75 Å². The predicted octanol–water partition coefficient (Wildman–Crippen LogP) is 2.81. The third-order valence-electron chi connectivity index (χ3n) is 3.86. The van der Waals surface area contributed by atoms with Crippen molar-refractivity contribution in [2.45, 2.75) is 19.8 Å². The minimum Gasteiger partial charge on any atom is -0.490 e. The molecule has 1 aliphatic rings. The normalized spacial score (nSPS) is 16.1. The summed E-state index contributed by atoms with van der Waals surface area (Å²) in [5.74, 6) is 0.815. The van der Waals surface area contributed by atoms with Gasteiger partial charge in [0, 0.05) is 25.2 Å². The highest BCUT2D eigenvalue weighted by Crippen LogP contribution is 2.16. The standard InChI is InChI=1S/C18H26N2O2/c1-3-9-19-10-6-11-20(13-12-19)18(21)16-7-5-8-17(15-16)22-14-4-2/h4-5,7-8,15H,2-3,6,9-14H2,1H3. The Balaban J connectivity index is 1.99. The first kappa shape index (κ1) is 16.6. The minimum absolute atomic E-state index is 0.0994. The van der Waals surface area contributed by atoms with Crippen LogP contribution < -0.4 is 4.74 Å². The van der Waals surface area contributed by atoms with Crippen LogP contribution in [0.15, 0.2) is 36.9 Å². The average Bonchev–Trinajstić information content (AvgIpc) is 2.78. The number of amides is 1. The van der Waals surface area contributed by atoms with Crippen LogP contribution in [0.1, 0.15) is 30.1 Å². The van der Waals surface area contributed by atoms with Crippen molar-refractivity contribution in [3.05, 3.63) is 42.5 Å². The molecule has 1 aliphatic heterocycles. The van der Waals surface area contributed by atoms with Crippen LogP contribution in [0, 0.1) is 0 Å². The lowest BCUT2D eigenvalue weighted by atomic mass is 10.2. The molecule has 1 aromatic rings. The molecule has 0 aromatic heterocycles. The van der Waals surface area contributed by atoms with Crippen molar-refractivity contribution in [1.82, 2.24) is 9.80 Å². The molecule has 0 atom stereocenters. The monoisotopic (exact) mass is 302 g/mol. The number of benzene rings is 1. The number of nitrogens with zero attached hydrogens (tertiary/aromatic N) is 2. The molecule has 1 fully saturated rings. The third-order valence-corrected chi connectivity index (χ3v) is 3.86. The molecule has 2 rings (SSSR count). The van der Waals surface area contributed by atoms with E-state index in [0.29, 0.717) is 17.9 Å². The molecule has 0 aliphatic carbocycles. The van der Waals surface area contributed by atoms with E-state index >= 15 is 0 Å². The molecule has 4 nitrogen and oxygen atoms in total. The van der Waals surface area contributed by atoms with Crippen molar-refractivity contribution in [1.29, 1.82) is 0 Å². The van der Waals surface area contributed by atoms with E-state index in [9.17, 15) is 4.79 Å². The van der Waals surface area contributed by atoms with E-state index in [1.165, 1.54) is 0 Å². The van der Waals surface area contributed by atoms with Gasteiger partial charge in [0.15, 0.2) is 0 Å². The van der Waals surface area contributed by atoms with Crippen molar-refractivity contribution in [2.75, 3.05) is 39.3 Å². The Morgan fingerprint density at radius 3 is 2.95 bits per heavy atom. The van der Waals surface area contributed by atoms with Gasteiger partial charge >= 0.3 is 0 Å². The molecule has 0 radical (unpaired) electrons. The zero-order valence-electron chi connectivity index (χ0n) is 13.5. The highest BCUT2D eigenvalue weighted by molar-refractivity contribution is 5.94. The lowest BCUT2D eigenvalue weighted by Gasteiger charge is -2.22. The molecule has 1 heterocycles. The van der Waals surface area contributed by atoms with E-state index in [4.69, 9.17) is 4.74 Å². The Kier molecular flexibility index (Phi) is 6.46. The van der Waals surface area contributed by atoms with Crippen molar-refractivity contribution in [3.63, 3.8) is 0 Å². The summed E-state index contributed by atoms with van der Waals surface area (Å²) in [6.07, 6.45) is 3.90. The summed E-state index contributed by atoms with van der Waals surface area (Å²) in [4.78, 5) is 17.1. The van der Waals surface area contributed by atoms with Crippen molar-refractivity contribution < 1.29 is 9.53 Å². The zero-order valence-corrected chi connectivity index (χ0v) is 13.5. The average molecular weight is 302 g/mol. The number of carbonyl (C=O) groups is 1.